The van der Waals surface area contributed by atoms with Crippen molar-refractivity contribution in [2.45, 2.75) is 13.0 Å². The van der Waals surface area contributed by atoms with Gasteiger partial charge in [0.05, 0.1) is 29.2 Å². The zero-order valence-corrected chi connectivity index (χ0v) is 19.1. The number of carbonyl (C=O) groups is 2. The van der Waals surface area contributed by atoms with Crippen LogP contribution >= 0.6 is 15.9 Å². The Morgan fingerprint density at radius 2 is 1.87 bits per heavy atom. The highest BCUT2D eigenvalue weighted by molar-refractivity contribution is 9.10. The van der Waals surface area contributed by atoms with Gasteiger partial charge in [-0.25, -0.2) is 0 Å². The summed E-state index contributed by atoms with van der Waals surface area (Å²) in [4.78, 5) is 33.8. The maximum atomic E-state index is 13.5. The van der Waals surface area contributed by atoms with E-state index in [9.17, 15) is 9.59 Å². The van der Waals surface area contributed by atoms with E-state index in [0.29, 0.717) is 22.7 Å². The summed E-state index contributed by atoms with van der Waals surface area (Å²) in [7, 11) is 3.35. The Morgan fingerprint density at radius 1 is 1.10 bits per heavy atom. The predicted molar refractivity (Wildman–Crippen MR) is 123 cm³/mol. The fourth-order valence-electron chi connectivity index (χ4n) is 3.58. The third kappa shape index (κ3) is 4.18. The van der Waals surface area contributed by atoms with Gasteiger partial charge in [0.2, 0.25) is 0 Å². The molecule has 0 N–H and O–H groups in total. The molecule has 0 spiro atoms. The topological polar surface area (TPSA) is 62.7 Å². The van der Waals surface area contributed by atoms with Crippen molar-refractivity contribution in [3.05, 3.63) is 76.4 Å². The number of rotatable bonds is 3. The van der Waals surface area contributed by atoms with Crippen molar-refractivity contribution in [3.8, 4) is 17.0 Å². The van der Waals surface area contributed by atoms with Crippen molar-refractivity contribution >= 4 is 33.4 Å². The SMILES string of the molecule is Cc1nc(-c2cccc(Br)c2)ccc1C(=O)N1CC(C(=O)N(C)C)Oc2ccccc21. The molecule has 0 saturated heterocycles. The van der Waals surface area contributed by atoms with Crippen molar-refractivity contribution in [2.24, 2.45) is 0 Å². The maximum absolute atomic E-state index is 13.5. The number of anilines is 1. The van der Waals surface area contributed by atoms with Crippen molar-refractivity contribution in [1.82, 2.24) is 9.88 Å². The lowest BCUT2D eigenvalue weighted by Gasteiger charge is -2.35. The average molecular weight is 480 g/mol. The highest BCUT2D eigenvalue weighted by atomic mass is 79.9. The van der Waals surface area contributed by atoms with Crippen molar-refractivity contribution < 1.29 is 14.3 Å². The van der Waals surface area contributed by atoms with E-state index >= 15 is 0 Å². The summed E-state index contributed by atoms with van der Waals surface area (Å²) in [5.41, 5.74) is 3.52. The monoisotopic (exact) mass is 479 g/mol. The summed E-state index contributed by atoms with van der Waals surface area (Å²) in [6, 6.07) is 18.8. The number of likely N-dealkylation sites (N-methyl/N-ethyl adjacent to an activating group) is 1. The van der Waals surface area contributed by atoms with Gasteiger partial charge in [-0.1, -0.05) is 40.2 Å². The van der Waals surface area contributed by atoms with E-state index in [1.807, 2.05) is 55.5 Å². The Morgan fingerprint density at radius 3 is 2.58 bits per heavy atom. The fraction of sp³-hybridized carbons (Fsp3) is 0.208. The number of nitrogens with zero attached hydrogens (tertiary/aromatic N) is 3. The molecule has 2 heterocycles. The van der Waals surface area contributed by atoms with Crippen molar-refractivity contribution in [3.63, 3.8) is 0 Å². The molecule has 4 rings (SSSR count). The smallest absolute Gasteiger partial charge is 0.265 e. The van der Waals surface area contributed by atoms with E-state index in [-0.39, 0.29) is 18.4 Å². The molecule has 2 amide bonds. The second-order valence-electron chi connectivity index (χ2n) is 7.56. The maximum Gasteiger partial charge on any atom is 0.265 e. The number of benzene rings is 2. The highest BCUT2D eigenvalue weighted by Gasteiger charge is 2.35. The number of hydrogen-bond donors (Lipinski definition) is 0. The van der Waals surface area contributed by atoms with Gasteiger partial charge in [0.1, 0.15) is 5.75 Å². The molecule has 0 saturated carbocycles. The van der Waals surface area contributed by atoms with Gasteiger partial charge in [-0.15, -0.1) is 0 Å². The molecule has 6 nitrogen and oxygen atoms in total. The second-order valence-corrected chi connectivity index (χ2v) is 8.48. The minimum Gasteiger partial charge on any atom is -0.476 e. The average Bonchev–Trinajstić information content (AvgIpc) is 2.77. The van der Waals surface area contributed by atoms with Crippen molar-refractivity contribution in [1.29, 1.82) is 0 Å². The Kier molecular flexibility index (Phi) is 5.78. The zero-order chi connectivity index (χ0) is 22.1. The standard InChI is InChI=1S/C24H22BrN3O3/c1-15-18(11-12-19(26-15)16-7-6-8-17(25)13-16)23(29)28-14-22(24(30)27(2)3)31-21-10-5-4-9-20(21)28/h4-13,22H,14H2,1-3H3. The van der Waals surface area contributed by atoms with Crippen LogP contribution in [-0.2, 0) is 4.79 Å². The lowest BCUT2D eigenvalue weighted by atomic mass is 10.1. The molecule has 1 aliphatic rings. The van der Waals surface area contributed by atoms with Crippen LogP contribution in [0.5, 0.6) is 5.75 Å². The Hall–Kier alpha value is -3.19. The van der Waals surface area contributed by atoms with Gasteiger partial charge in [0.15, 0.2) is 6.10 Å². The Labute approximate surface area is 189 Å². The number of para-hydroxylation sites is 2. The second kappa shape index (κ2) is 8.51. The molecule has 7 heteroatoms. The van der Waals surface area contributed by atoms with Crippen LogP contribution in [0.4, 0.5) is 5.69 Å². The first-order chi connectivity index (χ1) is 14.8. The van der Waals surface area contributed by atoms with Crippen molar-refractivity contribution in [2.75, 3.05) is 25.5 Å². The van der Waals surface area contributed by atoms with Gasteiger partial charge in [0.25, 0.3) is 11.8 Å². The highest BCUT2D eigenvalue weighted by Crippen LogP contribution is 2.35. The minimum absolute atomic E-state index is 0.139. The molecule has 1 atom stereocenters. The van der Waals surface area contributed by atoms with Gasteiger partial charge >= 0.3 is 0 Å². The van der Waals surface area contributed by atoms with Crippen LogP contribution in [0.3, 0.4) is 0 Å². The number of halogens is 1. The van der Waals surface area contributed by atoms with E-state index in [0.717, 1.165) is 15.7 Å². The van der Waals surface area contributed by atoms with Crippen LogP contribution in [0.25, 0.3) is 11.3 Å². The van der Waals surface area contributed by atoms with Gasteiger partial charge in [0, 0.05) is 24.1 Å². The van der Waals surface area contributed by atoms with E-state index in [2.05, 4.69) is 20.9 Å². The van der Waals surface area contributed by atoms with Crippen LogP contribution in [0.15, 0.2) is 65.1 Å². The van der Waals surface area contributed by atoms with Gasteiger partial charge in [-0.3, -0.25) is 14.6 Å². The molecule has 1 aromatic heterocycles. The first-order valence-corrected chi connectivity index (χ1v) is 10.7. The normalized spacial score (nSPS) is 15.1. The number of amides is 2. The summed E-state index contributed by atoms with van der Waals surface area (Å²) in [5.74, 6) is 0.115. The summed E-state index contributed by atoms with van der Waals surface area (Å²) in [5, 5.41) is 0. The molecular weight excluding hydrogens is 458 g/mol. The summed E-state index contributed by atoms with van der Waals surface area (Å²) in [6.45, 7) is 1.96. The largest absolute Gasteiger partial charge is 0.476 e. The number of aromatic nitrogens is 1. The number of aryl methyl sites for hydroxylation is 1. The fourth-order valence-corrected chi connectivity index (χ4v) is 3.98. The van der Waals surface area contributed by atoms with E-state index < -0.39 is 6.10 Å². The number of carbonyl (C=O) groups excluding carboxylic acids is 2. The van der Waals surface area contributed by atoms with E-state index in [1.54, 1.807) is 31.1 Å². The molecule has 2 aromatic carbocycles. The first-order valence-electron chi connectivity index (χ1n) is 9.87. The molecule has 0 fully saturated rings. The van der Waals surface area contributed by atoms with Crippen LogP contribution in [-0.4, -0.2) is 48.4 Å². The number of fused-ring (bicyclic) bond motifs is 1. The van der Waals surface area contributed by atoms with Gasteiger partial charge < -0.3 is 14.5 Å². The van der Waals surface area contributed by atoms with Crippen LogP contribution in [0.1, 0.15) is 16.1 Å². The van der Waals surface area contributed by atoms with Crippen LogP contribution < -0.4 is 9.64 Å². The predicted octanol–water partition coefficient (Wildman–Crippen LogP) is 4.32. The molecule has 1 aliphatic heterocycles. The summed E-state index contributed by atoms with van der Waals surface area (Å²) >= 11 is 3.48. The summed E-state index contributed by atoms with van der Waals surface area (Å²) < 4.78 is 6.85. The number of hydrogen-bond acceptors (Lipinski definition) is 4. The Bertz CT molecular complexity index is 1160. The first kappa shape index (κ1) is 21.1. The van der Waals surface area contributed by atoms with E-state index in [4.69, 9.17) is 4.74 Å². The molecule has 0 aliphatic carbocycles. The molecule has 0 radical (unpaired) electrons. The number of pyridine rings is 1. The minimum atomic E-state index is -0.761. The molecule has 0 bridgehead atoms. The molecule has 31 heavy (non-hydrogen) atoms. The van der Waals surface area contributed by atoms with Crippen LogP contribution in [0, 0.1) is 6.92 Å². The van der Waals surface area contributed by atoms with Gasteiger partial charge in [-0.2, -0.15) is 0 Å². The van der Waals surface area contributed by atoms with Crippen LogP contribution in [0.2, 0.25) is 0 Å². The lowest BCUT2D eigenvalue weighted by molar-refractivity contribution is -0.135. The third-order valence-corrected chi connectivity index (χ3v) is 5.66. The Balaban J connectivity index is 1.69. The van der Waals surface area contributed by atoms with Gasteiger partial charge in [-0.05, 0) is 43.3 Å². The molecular formula is C24H22BrN3O3. The van der Waals surface area contributed by atoms with E-state index in [1.165, 1.54) is 4.90 Å². The summed E-state index contributed by atoms with van der Waals surface area (Å²) in [6.07, 6.45) is -0.761. The zero-order valence-electron chi connectivity index (χ0n) is 17.5. The lowest BCUT2D eigenvalue weighted by Crippen LogP contribution is -2.50. The number of ether oxygens (including phenoxy) is 1. The third-order valence-electron chi connectivity index (χ3n) is 5.17. The molecule has 3 aromatic rings. The quantitative estimate of drug-likeness (QED) is 0.561. The molecule has 158 valence electrons. The molecule has 1 unspecified atom stereocenters.